The highest BCUT2D eigenvalue weighted by Crippen LogP contribution is 2.42. The summed E-state index contributed by atoms with van der Waals surface area (Å²) < 4.78 is 0. The lowest BCUT2D eigenvalue weighted by atomic mass is 9.90. The summed E-state index contributed by atoms with van der Waals surface area (Å²) in [5.74, 6) is -0.0374. The van der Waals surface area contributed by atoms with E-state index in [0.717, 1.165) is 25.7 Å². The second-order valence-corrected chi connectivity index (χ2v) is 6.72. The molecule has 5 amide bonds. The topological polar surface area (TPSA) is 73.0 Å². The second-order valence-electron chi connectivity index (χ2n) is 6.72. The van der Waals surface area contributed by atoms with Gasteiger partial charge in [0.05, 0.1) is 6.04 Å². The van der Waals surface area contributed by atoms with Crippen LogP contribution in [0.2, 0.25) is 0 Å². The number of hydrogen-bond donors (Lipinski definition) is 1. The first-order chi connectivity index (χ1) is 11.0. The summed E-state index contributed by atoms with van der Waals surface area (Å²) in [5.41, 5.74) is -0.606. The van der Waals surface area contributed by atoms with Crippen molar-refractivity contribution in [1.29, 1.82) is 0 Å². The van der Waals surface area contributed by atoms with Crippen molar-refractivity contribution in [3.63, 3.8) is 0 Å². The van der Waals surface area contributed by atoms with Crippen molar-refractivity contribution in [2.24, 2.45) is 0 Å². The molecule has 7 nitrogen and oxygen atoms in total. The minimum absolute atomic E-state index is 0.0374. The van der Waals surface area contributed by atoms with E-state index in [1.165, 1.54) is 4.90 Å². The number of rotatable bonds is 4. The van der Waals surface area contributed by atoms with Crippen molar-refractivity contribution in [3.8, 4) is 0 Å². The van der Waals surface area contributed by atoms with E-state index >= 15 is 0 Å². The first-order valence-corrected chi connectivity index (χ1v) is 8.73. The molecule has 0 radical (unpaired) electrons. The van der Waals surface area contributed by atoms with Gasteiger partial charge in [0.25, 0.3) is 5.91 Å². The van der Waals surface area contributed by atoms with Crippen LogP contribution < -0.4 is 5.32 Å². The van der Waals surface area contributed by atoms with E-state index in [9.17, 15) is 14.4 Å². The molecule has 0 bridgehead atoms. The second kappa shape index (κ2) is 6.02. The number of imide groups is 1. The molecule has 3 fully saturated rings. The minimum Gasteiger partial charge on any atom is -0.338 e. The molecule has 0 aromatic carbocycles. The first kappa shape index (κ1) is 16.1. The van der Waals surface area contributed by atoms with E-state index in [-0.39, 0.29) is 24.0 Å². The Kier molecular flexibility index (Phi) is 4.21. The third-order valence-electron chi connectivity index (χ3n) is 5.35. The molecule has 0 saturated carbocycles. The molecule has 0 aliphatic carbocycles. The summed E-state index contributed by atoms with van der Waals surface area (Å²) in [6.07, 6.45) is 3.97. The summed E-state index contributed by atoms with van der Waals surface area (Å²) in [5, 5.41) is 2.78. The molecule has 3 aliphatic rings. The van der Waals surface area contributed by atoms with Gasteiger partial charge in [-0.25, -0.2) is 9.59 Å². The van der Waals surface area contributed by atoms with E-state index in [4.69, 9.17) is 0 Å². The number of likely N-dealkylation sites (tertiary alicyclic amines) is 1. The zero-order valence-corrected chi connectivity index (χ0v) is 14.0. The predicted molar refractivity (Wildman–Crippen MR) is 84.9 cm³/mol. The summed E-state index contributed by atoms with van der Waals surface area (Å²) in [6, 6.07) is -0.446. The number of nitrogens with zero attached hydrogens (tertiary/aromatic N) is 3. The van der Waals surface area contributed by atoms with Crippen molar-refractivity contribution in [3.05, 3.63) is 0 Å². The van der Waals surface area contributed by atoms with Crippen LogP contribution in [0.4, 0.5) is 9.59 Å². The highest BCUT2D eigenvalue weighted by atomic mass is 16.2. The Bertz CT molecular complexity index is 523. The van der Waals surface area contributed by atoms with Crippen LogP contribution in [0.3, 0.4) is 0 Å². The number of nitrogens with one attached hydrogen (secondary N) is 1. The smallest absolute Gasteiger partial charge is 0.327 e. The van der Waals surface area contributed by atoms with E-state index in [2.05, 4.69) is 12.2 Å². The Hall–Kier alpha value is -1.79. The maximum absolute atomic E-state index is 13.0. The van der Waals surface area contributed by atoms with Gasteiger partial charge in [0.1, 0.15) is 5.54 Å². The van der Waals surface area contributed by atoms with Gasteiger partial charge in [0.2, 0.25) is 0 Å². The van der Waals surface area contributed by atoms with Gasteiger partial charge in [-0.1, -0.05) is 13.3 Å². The third-order valence-corrected chi connectivity index (χ3v) is 5.35. The van der Waals surface area contributed by atoms with Gasteiger partial charge >= 0.3 is 12.1 Å². The van der Waals surface area contributed by atoms with E-state index in [1.54, 1.807) is 9.80 Å². The zero-order valence-electron chi connectivity index (χ0n) is 14.0. The molecule has 0 spiro atoms. The molecule has 128 valence electrons. The van der Waals surface area contributed by atoms with Gasteiger partial charge in [0.15, 0.2) is 0 Å². The van der Waals surface area contributed by atoms with Crippen LogP contribution >= 0.6 is 0 Å². The van der Waals surface area contributed by atoms with E-state index in [1.807, 2.05) is 6.92 Å². The van der Waals surface area contributed by atoms with Crippen molar-refractivity contribution < 1.29 is 14.4 Å². The number of urea groups is 2. The van der Waals surface area contributed by atoms with Crippen molar-refractivity contribution in [1.82, 2.24) is 20.0 Å². The minimum atomic E-state index is -0.606. The van der Waals surface area contributed by atoms with Gasteiger partial charge in [-0.05, 0) is 32.6 Å². The standard InChI is InChI=1S/C16H26N4O3/c1-3-7-16-8-5-9-19(16)15(23)20(13(16)21)12-6-10-18(11-12)14(22)17-4-2/h12H,3-11H2,1-2H3,(H,17,22)/t12-,16-/m0/s1. The van der Waals surface area contributed by atoms with E-state index in [0.29, 0.717) is 32.6 Å². The van der Waals surface area contributed by atoms with Crippen LogP contribution in [0.5, 0.6) is 0 Å². The number of carbonyl (C=O) groups is 3. The number of hydrogen-bond acceptors (Lipinski definition) is 3. The molecule has 7 heteroatoms. The number of fused-ring (bicyclic) bond motifs is 1. The van der Waals surface area contributed by atoms with Crippen LogP contribution in [-0.2, 0) is 4.79 Å². The maximum Gasteiger partial charge on any atom is 0.327 e. The summed E-state index contributed by atoms with van der Waals surface area (Å²) >= 11 is 0. The fourth-order valence-corrected chi connectivity index (χ4v) is 4.32. The summed E-state index contributed by atoms with van der Waals surface area (Å²) in [4.78, 5) is 42.7. The van der Waals surface area contributed by atoms with Crippen molar-refractivity contribution in [2.75, 3.05) is 26.2 Å². The van der Waals surface area contributed by atoms with Crippen molar-refractivity contribution in [2.45, 2.75) is 57.5 Å². The Morgan fingerprint density at radius 3 is 2.78 bits per heavy atom. The zero-order chi connectivity index (χ0) is 16.6. The Labute approximate surface area is 137 Å². The van der Waals surface area contributed by atoms with Crippen LogP contribution in [0.25, 0.3) is 0 Å². The number of carbonyl (C=O) groups excluding carboxylic acids is 3. The van der Waals surface area contributed by atoms with Crippen LogP contribution in [0, 0.1) is 0 Å². The summed E-state index contributed by atoms with van der Waals surface area (Å²) in [6.45, 7) is 6.22. The molecule has 0 unspecified atom stereocenters. The molecule has 3 rings (SSSR count). The fourth-order valence-electron chi connectivity index (χ4n) is 4.32. The van der Waals surface area contributed by atoms with E-state index < -0.39 is 5.54 Å². The van der Waals surface area contributed by atoms with Gasteiger partial charge < -0.3 is 15.1 Å². The molecular weight excluding hydrogens is 296 g/mol. The average Bonchev–Trinajstić information content (AvgIpc) is 3.19. The predicted octanol–water partition coefficient (Wildman–Crippen LogP) is 1.39. The van der Waals surface area contributed by atoms with Gasteiger partial charge in [-0.15, -0.1) is 0 Å². The normalized spacial score (nSPS) is 30.3. The number of amides is 5. The van der Waals surface area contributed by atoms with Crippen LogP contribution in [0.15, 0.2) is 0 Å². The molecule has 3 heterocycles. The molecule has 0 aromatic heterocycles. The highest BCUT2D eigenvalue weighted by molar-refractivity contribution is 6.07. The van der Waals surface area contributed by atoms with Gasteiger partial charge in [0, 0.05) is 26.2 Å². The lowest BCUT2D eigenvalue weighted by molar-refractivity contribution is -0.134. The van der Waals surface area contributed by atoms with Crippen LogP contribution in [0.1, 0.15) is 46.0 Å². The molecule has 1 N–H and O–H groups in total. The largest absolute Gasteiger partial charge is 0.338 e. The highest BCUT2D eigenvalue weighted by Gasteiger charge is 2.60. The monoisotopic (exact) mass is 322 g/mol. The molecule has 3 aliphatic heterocycles. The third kappa shape index (κ3) is 2.37. The molecular formula is C16H26N4O3. The maximum atomic E-state index is 13.0. The van der Waals surface area contributed by atoms with Crippen molar-refractivity contribution >= 4 is 18.0 Å². The van der Waals surface area contributed by atoms with Gasteiger partial charge in [-0.3, -0.25) is 9.69 Å². The van der Waals surface area contributed by atoms with Gasteiger partial charge in [-0.2, -0.15) is 0 Å². The average molecular weight is 322 g/mol. The molecule has 3 saturated heterocycles. The van der Waals surface area contributed by atoms with Crippen LogP contribution in [-0.4, -0.2) is 70.4 Å². The fraction of sp³-hybridized carbons (Fsp3) is 0.812. The lowest BCUT2D eigenvalue weighted by Crippen LogP contribution is -2.47. The first-order valence-electron chi connectivity index (χ1n) is 8.73. The Morgan fingerprint density at radius 2 is 2.09 bits per heavy atom. The molecule has 0 aromatic rings. The SMILES string of the molecule is CCC[C@@]12CCCN1C(=O)N([C@H]1CCN(C(=O)NCC)C1)C2=O. The molecule has 23 heavy (non-hydrogen) atoms. The quantitative estimate of drug-likeness (QED) is 0.795. The summed E-state index contributed by atoms with van der Waals surface area (Å²) in [7, 11) is 0. The molecule has 2 atom stereocenters. The Morgan fingerprint density at radius 1 is 1.30 bits per heavy atom. The Balaban J connectivity index is 1.76. The lowest BCUT2D eigenvalue weighted by Gasteiger charge is -2.27.